The number of aromatic nitrogens is 3. The topological polar surface area (TPSA) is 220 Å². The van der Waals surface area contributed by atoms with Crippen molar-refractivity contribution in [3.63, 3.8) is 0 Å². The number of carbonyl (C=O) groups is 2. The standard InChI is InChI=1S/C38H45N5O10Si/c1-21-34(54(2,3)51)29(16-17-42-19-27(40-41-42)25(20-44)22-10-6-4-7-11-22)53-38(21)26-18-23(39-35(48)33-31(46)30(45)32(47)36(49)52-33)14-15-28(26)43(37(38)50)24-12-8-5-9-13-24/h4-15,18-19,21,25,29-34,36,44-47,49,51H,16-17,20H2,1-3H3,(H,39,48)/t21-,25?,29+,30-,31-,32+,33-,34-,36+,38+/m0/s1. The number of aryl methyl sites for hydroxylation is 1. The molecule has 0 radical (unpaired) electrons. The molecule has 16 heteroatoms. The highest BCUT2D eigenvalue weighted by atomic mass is 28.4. The summed E-state index contributed by atoms with van der Waals surface area (Å²) in [6.45, 7) is 5.75. The molecular weight excluding hydrogens is 715 g/mol. The van der Waals surface area contributed by atoms with Crippen LogP contribution in [-0.2, 0) is 31.2 Å². The summed E-state index contributed by atoms with van der Waals surface area (Å²) in [6, 6.07) is 23.5. The number of carbonyl (C=O) groups excluding carboxylic acids is 2. The minimum absolute atomic E-state index is 0.149. The molecule has 4 heterocycles. The molecule has 7 rings (SSSR count). The molecule has 10 atom stereocenters. The number of nitrogens with zero attached hydrogens (tertiary/aromatic N) is 4. The lowest BCUT2D eigenvalue weighted by Crippen LogP contribution is -2.60. The molecule has 54 heavy (non-hydrogen) atoms. The Morgan fingerprint density at radius 1 is 0.981 bits per heavy atom. The van der Waals surface area contributed by atoms with Gasteiger partial charge < -0.3 is 45.1 Å². The van der Waals surface area contributed by atoms with Crippen LogP contribution >= 0.6 is 0 Å². The van der Waals surface area contributed by atoms with Crippen molar-refractivity contribution < 1.29 is 49.4 Å². The number of benzene rings is 3. The minimum atomic E-state index is -3.04. The number of hydrogen-bond donors (Lipinski definition) is 7. The van der Waals surface area contributed by atoms with Gasteiger partial charge in [-0.05, 0) is 55.4 Å². The van der Waals surface area contributed by atoms with E-state index in [1.807, 2.05) is 68.5 Å². The Bertz CT molecular complexity index is 1980. The third-order valence-electron chi connectivity index (χ3n) is 11.0. The predicted molar refractivity (Wildman–Crippen MR) is 197 cm³/mol. The van der Waals surface area contributed by atoms with E-state index in [0.717, 1.165) is 5.56 Å². The first-order valence-corrected chi connectivity index (χ1v) is 21.0. The average Bonchev–Trinajstić information content (AvgIpc) is 3.81. The van der Waals surface area contributed by atoms with E-state index in [0.29, 0.717) is 35.6 Å². The first kappa shape index (κ1) is 37.9. The lowest BCUT2D eigenvalue weighted by Gasteiger charge is -2.37. The highest BCUT2D eigenvalue weighted by Crippen LogP contribution is 2.61. The molecule has 2 amide bonds. The Morgan fingerprint density at radius 3 is 2.33 bits per heavy atom. The molecule has 3 aliphatic rings. The van der Waals surface area contributed by atoms with E-state index >= 15 is 0 Å². The molecule has 4 aromatic rings. The predicted octanol–water partition coefficient (Wildman–Crippen LogP) is 1.71. The number of aliphatic hydroxyl groups is 5. The van der Waals surface area contributed by atoms with E-state index in [2.05, 4.69) is 15.6 Å². The molecule has 2 saturated heterocycles. The number of nitrogens with one attached hydrogen (secondary N) is 1. The van der Waals surface area contributed by atoms with Gasteiger partial charge in [-0.2, -0.15) is 0 Å². The Kier molecular flexibility index (Phi) is 10.3. The normalized spacial score (nSPS) is 30.1. The fourth-order valence-corrected chi connectivity index (χ4v) is 11.0. The number of hydrogen-bond acceptors (Lipinski definition) is 12. The number of ether oxygens (including phenoxy) is 2. The average molecular weight is 760 g/mol. The quantitative estimate of drug-likeness (QED) is 0.115. The van der Waals surface area contributed by atoms with E-state index in [4.69, 9.17) is 9.47 Å². The first-order chi connectivity index (χ1) is 25.8. The first-order valence-electron chi connectivity index (χ1n) is 17.9. The van der Waals surface area contributed by atoms with Crippen LogP contribution in [0.15, 0.2) is 85.1 Å². The van der Waals surface area contributed by atoms with Gasteiger partial charge in [-0.15, -0.1) is 5.10 Å². The van der Waals surface area contributed by atoms with E-state index in [-0.39, 0.29) is 24.1 Å². The molecule has 3 aliphatic heterocycles. The van der Waals surface area contributed by atoms with Crippen molar-refractivity contribution in [3.05, 3.63) is 102 Å². The second kappa shape index (κ2) is 14.7. The Balaban J connectivity index is 1.21. The molecule has 7 N–H and O–H groups in total. The molecule has 0 bridgehead atoms. The lowest BCUT2D eigenvalue weighted by molar-refractivity contribution is -0.274. The summed E-state index contributed by atoms with van der Waals surface area (Å²) in [5.41, 5.74) is 1.32. The van der Waals surface area contributed by atoms with Gasteiger partial charge in [-0.3, -0.25) is 19.2 Å². The highest BCUT2D eigenvalue weighted by Gasteiger charge is 2.66. The van der Waals surface area contributed by atoms with Crippen molar-refractivity contribution in [1.29, 1.82) is 0 Å². The van der Waals surface area contributed by atoms with Gasteiger partial charge in [0.25, 0.3) is 11.8 Å². The van der Waals surface area contributed by atoms with Crippen molar-refractivity contribution in [2.45, 2.75) is 86.9 Å². The smallest absolute Gasteiger partial charge is 0.268 e. The summed E-state index contributed by atoms with van der Waals surface area (Å²) in [4.78, 5) is 41.6. The van der Waals surface area contributed by atoms with Crippen molar-refractivity contribution in [2.75, 3.05) is 16.8 Å². The van der Waals surface area contributed by atoms with Crippen molar-refractivity contribution >= 4 is 37.2 Å². The fraction of sp³-hybridized carbons (Fsp3) is 0.421. The number of amides is 2. The van der Waals surface area contributed by atoms with Crippen LogP contribution < -0.4 is 10.2 Å². The zero-order chi connectivity index (χ0) is 38.5. The Morgan fingerprint density at radius 2 is 1.67 bits per heavy atom. The molecule has 15 nitrogen and oxygen atoms in total. The van der Waals surface area contributed by atoms with Gasteiger partial charge in [0.05, 0.1) is 30.0 Å². The zero-order valence-electron chi connectivity index (χ0n) is 30.0. The van der Waals surface area contributed by atoms with Gasteiger partial charge in [0.15, 0.2) is 26.3 Å². The van der Waals surface area contributed by atoms with Crippen LogP contribution in [0.3, 0.4) is 0 Å². The maximum Gasteiger partial charge on any atom is 0.268 e. The zero-order valence-corrected chi connectivity index (χ0v) is 31.0. The van der Waals surface area contributed by atoms with Gasteiger partial charge in [0.2, 0.25) is 0 Å². The fourth-order valence-electron chi connectivity index (χ4n) is 8.37. The highest BCUT2D eigenvalue weighted by molar-refractivity contribution is 6.71. The van der Waals surface area contributed by atoms with Gasteiger partial charge >= 0.3 is 0 Å². The monoisotopic (exact) mass is 759 g/mol. The summed E-state index contributed by atoms with van der Waals surface area (Å²) < 4.78 is 13.8. The molecule has 2 fully saturated rings. The Labute approximate surface area is 312 Å². The van der Waals surface area contributed by atoms with Gasteiger partial charge in [-0.1, -0.05) is 60.7 Å². The summed E-state index contributed by atoms with van der Waals surface area (Å²) in [5.74, 6) is -2.14. The molecule has 3 aromatic carbocycles. The number of para-hydroxylation sites is 1. The van der Waals surface area contributed by atoms with E-state index in [9.17, 15) is 39.9 Å². The third kappa shape index (κ3) is 6.56. The number of rotatable bonds is 10. The number of anilines is 3. The third-order valence-corrected chi connectivity index (χ3v) is 13.5. The molecule has 0 aliphatic carbocycles. The van der Waals surface area contributed by atoms with E-state index in [1.54, 1.807) is 46.1 Å². The van der Waals surface area contributed by atoms with Crippen LogP contribution in [0.1, 0.15) is 36.1 Å². The Hall–Kier alpha value is -4.36. The van der Waals surface area contributed by atoms with Crippen molar-refractivity contribution in [3.8, 4) is 0 Å². The van der Waals surface area contributed by atoms with Crippen molar-refractivity contribution in [1.82, 2.24) is 15.0 Å². The minimum Gasteiger partial charge on any atom is -0.432 e. The summed E-state index contributed by atoms with van der Waals surface area (Å²) >= 11 is 0. The summed E-state index contributed by atoms with van der Waals surface area (Å²) in [6.07, 6.45) is -7.51. The van der Waals surface area contributed by atoms with Gasteiger partial charge in [0, 0.05) is 41.1 Å². The van der Waals surface area contributed by atoms with Crippen LogP contribution in [0.25, 0.3) is 0 Å². The molecule has 286 valence electrons. The van der Waals surface area contributed by atoms with Crippen LogP contribution in [0.4, 0.5) is 17.1 Å². The lowest BCUT2D eigenvalue weighted by atomic mass is 9.82. The second-order valence-corrected chi connectivity index (χ2v) is 18.8. The maximum atomic E-state index is 14.9. The molecule has 1 unspecified atom stereocenters. The van der Waals surface area contributed by atoms with Crippen molar-refractivity contribution in [2.24, 2.45) is 5.92 Å². The van der Waals surface area contributed by atoms with E-state index in [1.165, 1.54) is 0 Å². The number of aliphatic hydroxyl groups excluding tert-OH is 5. The molecule has 0 saturated carbocycles. The van der Waals surface area contributed by atoms with Crippen LogP contribution in [-0.4, -0.2) is 109 Å². The van der Waals surface area contributed by atoms with Crippen LogP contribution in [0.2, 0.25) is 18.6 Å². The van der Waals surface area contributed by atoms with E-state index < -0.39 is 68.1 Å². The SMILES string of the molecule is C[C@H]1[C@H]([Si](C)(C)O)[C@@H](CCn2cc(C(CO)c3ccccc3)nn2)O[C@]12C(=O)N(c1ccccc1)c1ccc(NC(=O)[C@H]3O[C@@H](O)[C@H](O)[C@@H](O)[C@@H]3O)cc12. The van der Waals surface area contributed by atoms with Crippen LogP contribution in [0.5, 0.6) is 0 Å². The van der Waals surface area contributed by atoms with Gasteiger partial charge in [0.1, 0.15) is 18.3 Å². The van der Waals surface area contributed by atoms with Crippen LogP contribution in [0, 0.1) is 5.92 Å². The largest absolute Gasteiger partial charge is 0.432 e. The second-order valence-electron chi connectivity index (χ2n) is 14.8. The molecule has 1 spiro atoms. The molecular formula is C38H45N5O10Si. The summed E-state index contributed by atoms with van der Waals surface area (Å²) in [5, 5.41) is 62.0. The number of fused-ring (bicyclic) bond motifs is 2. The maximum absolute atomic E-state index is 14.9. The summed E-state index contributed by atoms with van der Waals surface area (Å²) in [7, 11) is -3.04. The van der Waals surface area contributed by atoms with Gasteiger partial charge in [-0.25, -0.2) is 0 Å². The molecule has 1 aromatic heterocycles.